The third-order valence-corrected chi connectivity index (χ3v) is 3.63. The lowest BCUT2D eigenvalue weighted by molar-refractivity contribution is 0.00411. The molecule has 0 unspecified atom stereocenters. The van der Waals surface area contributed by atoms with Gasteiger partial charge in [-0.1, -0.05) is 0 Å². The molecule has 3 heterocycles. The van der Waals surface area contributed by atoms with E-state index in [1.54, 1.807) is 6.92 Å². The van der Waals surface area contributed by atoms with Gasteiger partial charge in [-0.3, -0.25) is 20.2 Å². The van der Waals surface area contributed by atoms with Crippen LogP contribution < -0.4 is 22.3 Å². The van der Waals surface area contributed by atoms with Gasteiger partial charge in [0.15, 0.2) is 5.52 Å². The Morgan fingerprint density at radius 3 is 2.60 bits per heavy atom. The zero-order valence-corrected chi connectivity index (χ0v) is 10.5. The lowest BCUT2D eigenvalue weighted by atomic mass is 9.99. The van der Waals surface area contributed by atoms with Crippen LogP contribution in [0.15, 0.2) is 9.59 Å². The number of fused-ring (bicyclic) bond motifs is 1. The molecule has 0 saturated carbocycles. The molecule has 10 heteroatoms. The van der Waals surface area contributed by atoms with Gasteiger partial charge >= 0.3 is 5.69 Å². The Kier molecular flexibility index (Phi) is 2.59. The topological polar surface area (TPSA) is 173 Å². The fraction of sp³-hybridized carbons (Fsp3) is 0.500. The zero-order chi connectivity index (χ0) is 14.7. The van der Waals surface area contributed by atoms with E-state index in [9.17, 15) is 19.8 Å². The van der Waals surface area contributed by atoms with Crippen molar-refractivity contribution in [3.63, 3.8) is 0 Å². The van der Waals surface area contributed by atoms with Crippen molar-refractivity contribution in [2.24, 2.45) is 5.73 Å². The van der Waals surface area contributed by atoms with Crippen LogP contribution in [0.4, 0.5) is 0 Å². The predicted octanol–water partition coefficient (Wildman–Crippen LogP) is -3.24. The molecule has 0 spiro atoms. The van der Waals surface area contributed by atoms with Crippen LogP contribution >= 0.6 is 0 Å². The molecule has 1 aliphatic heterocycles. The summed E-state index contributed by atoms with van der Waals surface area (Å²) in [5, 5.41) is 29.1. The molecule has 1 aliphatic rings. The predicted molar refractivity (Wildman–Crippen MR) is 67.8 cm³/mol. The highest BCUT2D eigenvalue weighted by Gasteiger charge is 2.51. The van der Waals surface area contributed by atoms with Crippen LogP contribution in [0.25, 0.3) is 11.0 Å². The number of rotatable bonds is 1. The second-order valence-electron chi connectivity index (χ2n) is 4.97. The summed E-state index contributed by atoms with van der Waals surface area (Å²) in [4.78, 5) is 27.4. The number of nitrogens with zero attached hydrogens (tertiary/aromatic N) is 1. The Morgan fingerprint density at radius 2 is 2.00 bits per heavy atom. The lowest BCUT2D eigenvalue weighted by Gasteiger charge is -2.27. The van der Waals surface area contributed by atoms with Gasteiger partial charge in [0.25, 0.3) is 5.56 Å². The van der Waals surface area contributed by atoms with Crippen LogP contribution in [-0.2, 0) is 5.66 Å². The highest BCUT2D eigenvalue weighted by molar-refractivity contribution is 5.76. The average Bonchev–Trinajstić information content (AvgIpc) is 2.87. The van der Waals surface area contributed by atoms with Crippen LogP contribution in [-0.4, -0.2) is 48.6 Å². The summed E-state index contributed by atoms with van der Waals surface area (Å²) in [5.74, 6) is 0. The maximum atomic E-state index is 11.6. The summed E-state index contributed by atoms with van der Waals surface area (Å²) in [5.41, 5.74) is 3.34. The van der Waals surface area contributed by atoms with Gasteiger partial charge in [-0.2, -0.15) is 5.10 Å². The van der Waals surface area contributed by atoms with Gasteiger partial charge in [-0.05, 0) is 6.92 Å². The van der Waals surface area contributed by atoms with Crippen molar-refractivity contribution in [2.45, 2.75) is 30.8 Å². The molecule has 0 aromatic carbocycles. The summed E-state index contributed by atoms with van der Waals surface area (Å²) < 4.78 is 0. The number of aliphatic hydroxyl groups excluding tert-OH is 2. The highest BCUT2D eigenvalue weighted by atomic mass is 16.3. The molecule has 0 aliphatic carbocycles. The van der Waals surface area contributed by atoms with E-state index >= 15 is 0 Å². The van der Waals surface area contributed by atoms with Gasteiger partial charge in [0.05, 0.1) is 11.8 Å². The molecule has 2 aromatic rings. The molecule has 0 radical (unpaired) electrons. The number of nitrogens with one attached hydrogen (secondary N) is 4. The smallest absolute Gasteiger partial charge is 0.326 e. The number of hydrogen-bond donors (Lipinski definition) is 7. The molecule has 4 atom stereocenters. The molecular weight excluding hydrogens is 268 g/mol. The Labute approximate surface area is 111 Å². The van der Waals surface area contributed by atoms with E-state index < -0.39 is 35.2 Å². The van der Waals surface area contributed by atoms with Crippen molar-refractivity contribution in [1.82, 2.24) is 25.5 Å². The third-order valence-electron chi connectivity index (χ3n) is 3.63. The van der Waals surface area contributed by atoms with Gasteiger partial charge < -0.3 is 20.9 Å². The van der Waals surface area contributed by atoms with Gasteiger partial charge in [-0.15, -0.1) is 0 Å². The van der Waals surface area contributed by atoms with Gasteiger partial charge in [0, 0.05) is 6.04 Å². The standard InChI is InChI=1S/C10H14N6O4/c1-2-5(17)7(18)10(11,14-2)6-3-4(15-16-6)8(19)13-9(20)12-3/h2,5,7,14,17-18H,11H2,1H3,(H,15,16)(H2,12,13,19,20)/t2-,5-,7-,10+/m1/s1. The normalized spacial score (nSPS) is 33.9. The minimum atomic E-state index is -1.55. The number of aromatic amines is 3. The molecular formula is C10H14N6O4. The lowest BCUT2D eigenvalue weighted by Crippen LogP contribution is -2.55. The zero-order valence-electron chi connectivity index (χ0n) is 10.5. The number of aromatic nitrogens is 4. The second kappa shape index (κ2) is 3.99. The summed E-state index contributed by atoms with van der Waals surface area (Å²) in [6.07, 6.45) is -2.42. The molecule has 1 saturated heterocycles. The monoisotopic (exact) mass is 282 g/mol. The minimum absolute atomic E-state index is 0.0348. The van der Waals surface area contributed by atoms with Gasteiger partial charge in [0.1, 0.15) is 17.3 Å². The van der Waals surface area contributed by atoms with Crippen LogP contribution in [0.1, 0.15) is 12.6 Å². The van der Waals surface area contributed by atoms with Crippen molar-refractivity contribution in [3.8, 4) is 0 Å². The second-order valence-corrected chi connectivity index (χ2v) is 4.97. The number of nitrogens with two attached hydrogens (primary N) is 1. The van der Waals surface area contributed by atoms with Crippen molar-refractivity contribution in [3.05, 3.63) is 26.5 Å². The molecule has 8 N–H and O–H groups in total. The van der Waals surface area contributed by atoms with E-state index in [0.717, 1.165) is 0 Å². The number of hydrogen-bond acceptors (Lipinski definition) is 7. The summed E-state index contributed by atoms with van der Waals surface area (Å²) in [6.45, 7) is 1.65. The third kappa shape index (κ3) is 1.56. The first-order valence-electron chi connectivity index (χ1n) is 5.98. The minimum Gasteiger partial charge on any atom is -0.389 e. The van der Waals surface area contributed by atoms with Gasteiger partial charge in [0.2, 0.25) is 0 Å². The van der Waals surface area contributed by atoms with E-state index in [-0.39, 0.29) is 16.7 Å². The first kappa shape index (κ1) is 13.0. The van der Waals surface area contributed by atoms with Gasteiger partial charge in [-0.25, -0.2) is 4.79 Å². The van der Waals surface area contributed by atoms with Crippen molar-refractivity contribution in [2.75, 3.05) is 0 Å². The molecule has 2 aromatic heterocycles. The van der Waals surface area contributed by atoms with Crippen LogP contribution in [0, 0.1) is 0 Å². The van der Waals surface area contributed by atoms with Crippen molar-refractivity contribution >= 4 is 11.0 Å². The van der Waals surface area contributed by atoms with E-state index in [1.807, 2.05) is 4.98 Å². The van der Waals surface area contributed by atoms with Crippen LogP contribution in [0.5, 0.6) is 0 Å². The highest BCUT2D eigenvalue weighted by Crippen LogP contribution is 2.30. The van der Waals surface area contributed by atoms with E-state index in [4.69, 9.17) is 5.73 Å². The molecule has 3 rings (SSSR count). The first-order chi connectivity index (χ1) is 9.34. The first-order valence-corrected chi connectivity index (χ1v) is 5.98. The molecule has 0 amide bonds. The Bertz CT molecular complexity index is 778. The molecule has 10 nitrogen and oxygen atoms in total. The quantitative estimate of drug-likeness (QED) is 0.288. The molecule has 0 bridgehead atoms. The summed E-state index contributed by atoms with van der Waals surface area (Å²) in [7, 11) is 0. The largest absolute Gasteiger partial charge is 0.389 e. The van der Waals surface area contributed by atoms with E-state index in [2.05, 4.69) is 20.5 Å². The Hall–Kier alpha value is -2.01. The Balaban J connectivity index is 2.26. The van der Waals surface area contributed by atoms with Crippen molar-refractivity contribution in [1.29, 1.82) is 0 Å². The SMILES string of the molecule is C[C@H]1N[C@@](N)(c2[nH]nc3c(=O)[nH]c(=O)[nH]c23)[C@H](O)[C@@H]1O. The summed E-state index contributed by atoms with van der Waals surface area (Å²) in [6, 6.07) is -0.470. The van der Waals surface area contributed by atoms with E-state index in [1.165, 1.54) is 0 Å². The van der Waals surface area contributed by atoms with Crippen LogP contribution in [0.2, 0.25) is 0 Å². The number of H-pyrrole nitrogens is 3. The van der Waals surface area contributed by atoms with Crippen LogP contribution in [0.3, 0.4) is 0 Å². The Morgan fingerprint density at radius 1 is 1.30 bits per heavy atom. The fourth-order valence-corrected chi connectivity index (χ4v) is 2.54. The average molecular weight is 282 g/mol. The number of aliphatic hydroxyl groups is 2. The molecule has 108 valence electrons. The van der Waals surface area contributed by atoms with E-state index in [0.29, 0.717) is 0 Å². The summed E-state index contributed by atoms with van der Waals surface area (Å²) >= 11 is 0. The fourth-order valence-electron chi connectivity index (χ4n) is 2.54. The van der Waals surface area contributed by atoms with Crippen molar-refractivity contribution < 1.29 is 10.2 Å². The molecule has 1 fully saturated rings. The maximum absolute atomic E-state index is 11.6. The molecule has 20 heavy (non-hydrogen) atoms. The maximum Gasteiger partial charge on any atom is 0.326 e.